The molecule has 0 aliphatic rings. The molecule has 2 aromatic rings. The van der Waals surface area contributed by atoms with Gasteiger partial charge >= 0.3 is 5.97 Å². The molecular formula is C17H17NO3. The maximum atomic E-state index is 12.4. The van der Waals surface area contributed by atoms with Gasteiger partial charge in [0.1, 0.15) is 5.76 Å². The minimum Gasteiger partial charge on any atom is -0.469 e. The molecule has 0 aliphatic heterocycles. The third-order valence-electron chi connectivity index (χ3n) is 3.48. The van der Waals surface area contributed by atoms with Gasteiger partial charge in [-0.05, 0) is 43.7 Å². The molecule has 0 N–H and O–H groups in total. The molecule has 1 heterocycles. The van der Waals surface area contributed by atoms with Crippen molar-refractivity contribution in [2.24, 2.45) is 0 Å². The van der Waals surface area contributed by atoms with Crippen molar-refractivity contribution in [3.63, 3.8) is 0 Å². The van der Waals surface area contributed by atoms with Crippen molar-refractivity contribution in [2.45, 2.75) is 25.7 Å². The monoisotopic (exact) mass is 283 g/mol. The van der Waals surface area contributed by atoms with E-state index in [1.54, 1.807) is 43.5 Å². The molecule has 0 amide bonds. The third-order valence-corrected chi connectivity index (χ3v) is 3.48. The van der Waals surface area contributed by atoms with Gasteiger partial charge in [0, 0.05) is 6.42 Å². The van der Waals surface area contributed by atoms with E-state index in [0.717, 1.165) is 11.3 Å². The van der Waals surface area contributed by atoms with E-state index in [1.165, 1.54) is 0 Å². The maximum absolute atomic E-state index is 12.4. The van der Waals surface area contributed by atoms with Crippen LogP contribution in [0, 0.1) is 11.3 Å². The number of nitrogens with zero attached hydrogens (tertiary/aromatic N) is 1. The van der Waals surface area contributed by atoms with Gasteiger partial charge < -0.3 is 9.15 Å². The van der Waals surface area contributed by atoms with E-state index in [4.69, 9.17) is 14.4 Å². The highest BCUT2D eigenvalue weighted by Gasteiger charge is 2.37. The van der Waals surface area contributed by atoms with Crippen molar-refractivity contribution in [1.29, 1.82) is 5.26 Å². The van der Waals surface area contributed by atoms with Crippen molar-refractivity contribution in [3.8, 4) is 6.07 Å². The van der Waals surface area contributed by atoms with Crippen LogP contribution in [0.5, 0.6) is 0 Å². The average molecular weight is 283 g/mol. The molecule has 0 radical (unpaired) electrons. The second-order valence-corrected chi connectivity index (χ2v) is 5.00. The Hall–Kier alpha value is -2.54. The maximum Gasteiger partial charge on any atom is 0.316 e. The number of esters is 1. The zero-order chi connectivity index (χ0) is 15.3. The largest absolute Gasteiger partial charge is 0.469 e. The zero-order valence-corrected chi connectivity index (χ0v) is 12.1. The zero-order valence-electron chi connectivity index (χ0n) is 12.1. The summed E-state index contributed by atoms with van der Waals surface area (Å²) >= 11 is 0. The normalized spacial score (nSPS) is 13.2. The number of hydrogen-bond acceptors (Lipinski definition) is 4. The molecule has 1 aromatic heterocycles. The van der Waals surface area contributed by atoms with Crippen LogP contribution in [-0.2, 0) is 21.4 Å². The van der Waals surface area contributed by atoms with Crippen molar-refractivity contribution >= 4 is 5.97 Å². The number of benzene rings is 1. The highest BCUT2D eigenvalue weighted by Crippen LogP contribution is 2.30. The lowest BCUT2D eigenvalue weighted by molar-refractivity contribution is -0.149. The lowest BCUT2D eigenvalue weighted by atomic mass is 9.78. The molecule has 0 spiro atoms. The Morgan fingerprint density at radius 3 is 2.57 bits per heavy atom. The smallest absolute Gasteiger partial charge is 0.316 e. The summed E-state index contributed by atoms with van der Waals surface area (Å²) in [5.41, 5.74) is 0.515. The van der Waals surface area contributed by atoms with Crippen molar-refractivity contribution < 1.29 is 13.9 Å². The number of rotatable bonds is 5. The van der Waals surface area contributed by atoms with E-state index in [1.807, 2.05) is 13.0 Å². The molecule has 1 aromatic carbocycles. The van der Waals surface area contributed by atoms with E-state index in [9.17, 15) is 4.79 Å². The van der Waals surface area contributed by atoms with Crippen LogP contribution in [0.4, 0.5) is 0 Å². The molecule has 1 atom stereocenters. The molecule has 108 valence electrons. The first kappa shape index (κ1) is 14.9. The SMILES string of the molecule is CCOC(=O)C(C)(Cc1ccco1)c1ccc(C#N)cc1. The van der Waals surface area contributed by atoms with Gasteiger partial charge in [0.2, 0.25) is 0 Å². The lowest BCUT2D eigenvalue weighted by Gasteiger charge is -2.27. The van der Waals surface area contributed by atoms with Crippen molar-refractivity contribution in [3.05, 3.63) is 59.5 Å². The predicted octanol–water partition coefficient (Wildman–Crippen LogP) is 3.21. The fourth-order valence-electron chi connectivity index (χ4n) is 2.26. The average Bonchev–Trinajstić information content (AvgIpc) is 3.00. The number of furan rings is 1. The van der Waals surface area contributed by atoms with Crippen LogP contribution in [0.15, 0.2) is 47.1 Å². The Morgan fingerprint density at radius 2 is 2.05 bits per heavy atom. The number of ether oxygens (including phenoxy) is 1. The van der Waals surface area contributed by atoms with Gasteiger partial charge in [-0.15, -0.1) is 0 Å². The highest BCUT2D eigenvalue weighted by molar-refractivity contribution is 5.83. The molecule has 0 saturated carbocycles. The fraction of sp³-hybridized carbons (Fsp3) is 0.294. The highest BCUT2D eigenvalue weighted by atomic mass is 16.5. The quantitative estimate of drug-likeness (QED) is 0.790. The van der Waals surface area contributed by atoms with Crippen LogP contribution < -0.4 is 0 Å². The van der Waals surface area contributed by atoms with Gasteiger partial charge in [-0.2, -0.15) is 5.26 Å². The number of carbonyl (C=O) groups is 1. The summed E-state index contributed by atoms with van der Waals surface area (Å²) in [6.07, 6.45) is 1.99. The topological polar surface area (TPSA) is 63.2 Å². The first-order valence-corrected chi connectivity index (χ1v) is 6.80. The van der Waals surface area contributed by atoms with Crippen molar-refractivity contribution in [1.82, 2.24) is 0 Å². The van der Waals surface area contributed by atoms with E-state index < -0.39 is 5.41 Å². The summed E-state index contributed by atoms with van der Waals surface area (Å²) in [7, 11) is 0. The van der Waals surface area contributed by atoms with E-state index in [2.05, 4.69) is 6.07 Å². The van der Waals surface area contributed by atoms with Gasteiger partial charge in [0.25, 0.3) is 0 Å². The second kappa shape index (κ2) is 6.27. The molecule has 21 heavy (non-hydrogen) atoms. The Bertz CT molecular complexity index is 638. The van der Waals surface area contributed by atoms with Crippen molar-refractivity contribution in [2.75, 3.05) is 6.61 Å². The summed E-state index contributed by atoms with van der Waals surface area (Å²) in [5.74, 6) is 0.418. The molecule has 4 heteroatoms. The molecule has 4 nitrogen and oxygen atoms in total. The Balaban J connectivity index is 2.38. The Kier molecular flexibility index (Phi) is 4.44. The summed E-state index contributed by atoms with van der Waals surface area (Å²) in [4.78, 5) is 12.4. The van der Waals surface area contributed by atoms with Gasteiger partial charge in [0.05, 0.1) is 29.9 Å². The molecule has 0 fully saturated rings. The van der Waals surface area contributed by atoms with Crippen LogP contribution in [-0.4, -0.2) is 12.6 Å². The summed E-state index contributed by atoms with van der Waals surface area (Å²) < 4.78 is 10.6. The van der Waals surface area contributed by atoms with Crippen LogP contribution in [0.3, 0.4) is 0 Å². The standard InChI is InChI=1S/C17H17NO3/c1-3-20-16(19)17(2,11-15-5-4-10-21-15)14-8-6-13(12-18)7-9-14/h4-10H,3,11H2,1-2H3. The minimum absolute atomic E-state index is 0.300. The summed E-state index contributed by atoms with van der Waals surface area (Å²) in [6.45, 7) is 3.93. The van der Waals surface area contributed by atoms with Crippen LogP contribution >= 0.6 is 0 Å². The number of carbonyl (C=O) groups excluding carboxylic acids is 1. The molecule has 0 bridgehead atoms. The van der Waals surface area contributed by atoms with Gasteiger partial charge in [-0.1, -0.05) is 12.1 Å². The molecule has 0 saturated heterocycles. The fourth-order valence-corrected chi connectivity index (χ4v) is 2.26. The third kappa shape index (κ3) is 3.14. The summed E-state index contributed by atoms with van der Waals surface area (Å²) in [5, 5.41) is 8.88. The van der Waals surface area contributed by atoms with Gasteiger partial charge in [0.15, 0.2) is 0 Å². The van der Waals surface area contributed by atoms with Crippen LogP contribution in [0.25, 0.3) is 0 Å². The Labute approximate surface area is 124 Å². The number of hydrogen-bond donors (Lipinski definition) is 0. The molecule has 0 aliphatic carbocycles. The molecule has 1 unspecified atom stereocenters. The molecule has 2 rings (SSSR count). The van der Waals surface area contributed by atoms with Gasteiger partial charge in [-0.3, -0.25) is 4.79 Å². The van der Waals surface area contributed by atoms with E-state index in [-0.39, 0.29) is 5.97 Å². The first-order chi connectivity index (χ1) is 10.1. The van der Waals surface area contributed by atoms with Crippen LogP contribution in [0.1, 0.15) is 30.7 Å². The van der Waals surface area contributed by atoms with Gasteiger partial charge in [-0.25, -0.2) is 0 Å². The second-order valence-electron chi connectivity index (χ2n) is 5.00. The first-order valence-electron chi connectivity index (χ1n) is 6.80. The minimum atomic E-state index is -0.845. The Morgan fingerprint density at radius 1 is 1.33 bits per heavy atom. The summed E-state index contributed by atoms with van der Waals surface area (Å²) in [6, 6.07) is 12.7. The number of nitriles is 1. The predicted molar refractivity (Wildman–Crippen MR) is 77.6 cm³/mol. The van der Waals surface area contributed by atoms with Crippen LogP contribution in [0.2, 0.25) is 0 Å². The lowest BCUT2D eigenvalue weighted by Crippen LogP contribution is -2.36. The van der Waals surface area contributed by atoms with E-state index in [0.29, 0.717) is 18.6 Å². The van der Waals surface area contributed by atoms with E-state index >= 15 is 0 Å². The molecular weight excluding hydrogens is 266 g/mol.